The highest BCUT2D eigenvalue weighted by molar-refractivity contribution is 9.10. The standard InChI is InChI=1S/C14H13BrF2N2/c1-9(10-2-5-13(16)14(17)6-10)18-8-12-4-3-11(15)7-19-12/h2-7,9,18H,8H2,1H3. The van der Waals surface area contributed by atoms with Crippen molar-refractivity contribution in [2.45, 2.75) is 19.5 Å². The summed E-state index contributed by atoms with van der Waals surface area (Å²) in [5.74, 6) is -1.65. The fourth-order valence-electron chi connectivity index (χ4n) is 1.67. The maximum absolute atomic E-state index is 13.1. The molecule has 0 amide bonds. The van der Waals surface area contributed by atoms with E-state index in [-0.39, 0.29) is 6.04 Å². The Morgan fingerprint density at radius 2 is 2.00 bits per heavy atom. The van der Waals surface area contributed by atoms with Gasteiger partial charge in [-0.2, -0.15) is 0 Å². The molecule has 0 spiro atoms. The maximum atomic E-state index is 13.1. The van der Waals surface area contributed by atoms with Gasteiger partial charge in [0, 0.05) is 23.3 Å². The monoisotopic (exact) mass is 326 g/mol. The molecular weight excluding hydrogens is 314 g/mol. The van der Waals surface area contributed by atoms with Crippen molar-refractivity contribution in [3.8, 4) is 0 Å². The third-order valence-electron chi connectivity index (χ3n) is 2.82. The van der Waals surface area contributed by atoms with Crippen LogP contribution in [0, 0.1) is 11.6 Å². The second-order valence-electron chi connectivity index (χ2n) is 4.24. The average Bonchev–Trinajstić information content (AvgIpc) is 2.41. The molecule has 0 fully saturated rings. The van der Waals surface area contributed by atoms with Crippen molar-refractivity contribution in [2.24, 2.45) is 0 Å². The van der Waals surface area contributed by atoms with Gasteiger partial charge in [0.05, 0.1) is 5.69 Å². The van der Waals surface area contributed by atoms with Gasteiger partial charge < -0.3 is 5.32 Å². The summed E-state index contributed by atoms with van der Waals surface area (Å²) in [4.78, 5) is 4.23. The Labute approximate surface area is 119 Å². The van der Waals surface area contributed by atoms with Gasteiger partial charge in [0.2, 0.25) is 0 Å². The van der Waals surface area contributed by atoms with E-state index in [1.165, 1.54) is 6.07 Å². The number of nitrogens with zero attached hydrogens (tertiary/aromatic N) is 1. The van der Waals surface area contributed by atoms with E-state index in [0.717, 1.165) is 16.2 Å². The highest BCUT2D eigenvalue weighted by atomic mass is 79.9. The summed E-state index contributed by atoms with van der Waals surface area (Å²) < 4.78 is 26.9. The Kier molecular flexibility index (Phi) is 4.61. The van der Waals surface area contributed by atoms with Gasteiger partial charge in [-0.05, 0) is 52.7 Å². The van der Waals surface area contributed by atoms with E-state index >= 15 is 0 Å². The lowest BCUT2D eigenvalue weighted by molar-refractivity contribution is 0.500. The van der Waals surface area contributed by atoms with E-state index in [1.807, 2.05) is 19.1 Å². The lowest BCUT2D eigenvalue weighted by atomic mass is 10.1. The zero-order valence-corrected chi connectivity index (χ0v) is 11.9. The minimum Gasteiger partial charge on any atom is -0.305 e. The molecule has 0 aliphatic carbocycles. The van der Waals surface area contributed by atoms with Gasteiger partial charge in [0.1, 0.15) is 0 Å². The SMILES string of the molecule is CC(NCc1ccc(Br)cn1)c1ccc(F)c(F)c1. The Morgan fingerprint density at radius 1 is 1.21 bits per heavy atom. The number of nitrogens with one attached hydrogen (secondary N) is 1. The van der Waals surface area contributed by atoms with Gasteiger partial charge in [-0.3, -0.25) is 4.98 Å². The topological polar surface area (TPSA) is 24.9 Å². The van der Waals surface area contributed by atoms with Crippen LogP contribution in [0.3, 0.4) is 0 Å². The molecule has 0 aliphatic heterocycles. The summed E-state index contributed by atoms with van der Waals surface area (Å²) in [6, 6.07) is 7.65. The molecule has 19 heavy (non-hydrogen) atoms. The lowest BCUT2D eigenvalue weighted by Gasteiger charge is -2.14. The summed E-state index contributed by atoms with van der Waals surface area (Å²) >= 11 is 3.32. The van der Waals surface area contributed by atoms with Crippen molar-refractivity contribution in [1.82, 2.24) is 10.3 Å². The van der Waals surface area contributed by atoms with Crippen molar-refractivity contribution in [1.29, 1.82) is 0 Å². The highest BCUT2D eigenvalue weighted by Crippen LogP contribution is 2.16. The fourth-order valence-corrected chi connectivity index (χ4v) is 1.90. The van der Waals surface area contributed by atoms with Gasteiger partial charge >= 0.3 is 0 Å². The van der Waals surface area contributed by atoms with Crippen molar-refractivity contribution >= 4 is 15.9 Å². The van der Waals surface area contributed by atoms with E-state index in [1.54, 1.807) is 12.3 Å². The summed E-state index contributed by atoms with van der Waals surface area (Å²) in [5, 5.41) is 3.21. The van der Waals surface area contributed by atoms with E-state index in [2.05, 4.69) is 26.2 Å². The number of hydrogen-bond acceptors (Lipinski definition) is 2. The molecule has 0 radical (unpaired) electrons. The van der Waals surface area contributed by atoms with Crippen LogP contribution in [0.1, 0.15) is 24.2 Å². The molecule has 100 valence electrons. The number of halogens is 3. The Balaban J connectivity index is 1.98. The molecule has 0 saturated heterocycles. The summed E-state index contributed by atoms with van der Waals surface area (Å²) in [7, 11) is 0. The molecule has 2 rings (SSSR count). The Morgan fingerprint density at radius 3 is 2.63 bits per heavy atom. The van der Waals surface area contributed by atoms with Crippen LogP contribution in [0.5, 0.6) is 0 Å². The van der Waals surface area contributed by atoms with Gasteiger partial charge in [-0.25, -0.2) is 8.78 Å². The molecule has 1 aromatic carbocycles. The zero-order valence-electron chi connectivity index (χ0n) is 10.3. The summed E-state index contributed by atoms with van der Waals surface area (Å²) in [6.07, 6.45) is 1.72. The molecule has 1 aromatic heterocycles. The largest absolute Gasteiger partial charge is 0.305 e. The predicted molar refractivity (Wildman–Crippen MR) is 73.5 cm³/mol. The third-order valence-corrected chi connectivity index (χ3v) is 3.29. The van der Waals surface area contributed by atoms with Gasteiger partial charge in [-0.15, -0.1) is 0 Å². The summed E-state index contributed by atoms with van der Waals surface area (Å²) in [6.45, 7) is 2.46. The minimum atomic E-state index is -0.828. The maximum Gasteiger partial charge on any atom is 0.159 e. The molecule has 1 atom stereocenters. The van der Waals surface area contributed by atoms with Crippen LogP contribution < -0.4 is 5.32 Å². The molecule has 0 saturated carbocycles. The molecular formula is C14H13BrF2N2. The van der Waals surface area contributed by atoms with Gasteiger partial charge in [0.25, 0.3) is 0 Å². The first-order chi connectivity index (χ1) is 9.06. The number of rotatable bonds is 4. The number of hydrogen-bond donors (Lipinski definition) is 1. The average molecular weight is 327 g/mol. The van der Waals surface area contributed by atoms with E-state index < -0.39 is 11.6 Å². The van der Waals surface area contributed by atoms with Crippen LogP contribution in [-0.4, -0.2) is 4.98 Å². The molecule has 1 N–H and O–H groups in total. The molecule has 5 heteroatoms. The molecule has 2 nitrogen and oxygen atoms in total. The Bertz CT molecular complexity index is 558. The van der Waals surface area contributed by atoms with Crippen LogP contribution in [0.15, 0.2) is 41.0 Å². The number of pyridine rings is 1. The first-order valence-corrected chi connectivity index (χ1v) is 6.64. The van der Waals surface area contributed by atoms with E-state index in [4.69, 9.17) is 0 Å². The van der Waals surface area contributed by atoms with Crippen LogP contribution in [0.4, 0.5) is 8.78 Å². The molecule has 1 heterocycles. The molecule has 2 aromatic rings. The summed E-state index contributed by atoms with van der Waals surface area (Å²) in [5.41, 5.74) is 1.59. The van der Waals surface area contributed by atoms with Crippen molar-refractivity contribution in [3.63, 3.8) is 0 Å². The Hall–Kier alpha value is -1.33. The van der Waals surface area contributed by atoms with E-state index in [0.29, 0.717) is 12.1 Å². The smallest absolute Gasteiger partial charge is 0.159 e. The molecule has 0 bridgehead atoms. The first-order valence-electron chi connectivity index (χ1n) is 5.85. The number of aromatic nitrogens is 1. The van der Waals surface area contributed by atoms with Crippen LogP contribution in [-0.2, 0) is 6.54 Å². The van der Waals surface area contributed by atoms with E-state index in [9.17, 15) is 8.78 Å². The highest BCUT2D eigenvalue weighted by Gasteiger charge is 2.09. The normalized spacial score (nSPS) is 12.4. The first kappa shape index (κ1) is 14.1. The second-order valence-corrected chi connectivity index (χ2v) is 5.16. The van der Waals surface area contributed by atoms with Crippen LogP contribution in [0.2, 0.25) is 0 Å². The number of benzene rings is 1. The second kappa shape index (κ2) is 6.21. The van der Waals surface area contributed by atoms with Crippen molar-refractivity contribution < 1.29 is 8.78 Å². The quantitative estimate of drug-likeness (QED) is 0.919. The van der Waals surface area contributed by atoms with Crippen molar-refractivity contribution in [3.05, 3.63) is 63.9 Å². The van der Waals surface area contributed by atoms with Gasteiger partial charge in [0.15, 0.2) is 11.6 Å². The minimum absolute atomic E-state index is 0.0828. The third kappa shape index (κ3) is 3.81. The fraction of sp³-hybridized carbons (Fsp3) is 0.214. The zero-order chi connectivity index (χ0) is 13.8. The van der Waals surface area contributed by atoms with Crippen LogP contribution >= 0.6 is 15.9 Å². The molecule has 1 unspecified atom stereocenters. The molecule has 0 aliphatic rings. The van der Waals surface area contributed by atoms with Gasteiger partial charge in [-0.1, -0.05) is 6.07 Å². The van der Waals surface area contributed by atoms with Crippen LogP contribution in [0.25, 0.3) is 0 Å². The predicted octanol–water partition coefficient (Wildman–Crippen LogP) is 3.97. The lowest BCUT2D eigenvalue weighted by Crippen LogP contribution is -2.19. The van der Waals surface area contributed by atoms with Crippen molar-refractivity contribution in [2.75, 3.05) is 0 Å².